The highest BCUT2D eigenvalue weighted by Crippen LogP contribution is 2.42. The fourth-order valence-electron chi connectivity index (χ4n) is 7.91. The lowest BCUT2D eigenvalue weighted by atomic mass is 10.0. The first-order valence-corrected chi connectivity index (χ1v) is 17.1. The minimum absolute atomic E-state index is 0.0763. The van der Waals surface area contributed by atoms with E-state index >= 15 is 0 Å². The molecule has 0 bridgehead atoms. The molecule has 0 spiro atoms. The van der Waals surface area contributed by atoms with Crippen molar-refractivity contribution in [1.29, 1.82) is 0 Å². The Kier molecular flexibility index (Phi) is 9.22. The summed E-state index contributed by atoms with van der Waals surface area (Å²) in [7, 11) is 3.36. The highest BCUT2D eigenvalue weighted by molar-refractivity contribution is 6.04. The van der Waals surface area contributed by atoms with E-state index < -0.39 is 5.60 Å². The van der Waals surface area contributed by atoms with Gasteiger partial charge >= 0.3 is 6.09 Å². The fourth-order valence-corrected chi connectivity index (χ4v) is 7.91. The van der Waals surface area contributed by atoms with Gasteiger partial charge in [-0.3, -0.25) is 9.59 Å². The Morgan fingerprint density at radius 2 is 1.79 bits per heavy atom. The van der Waals surface area contributed by atoms with Crippen LogP contribution in [0.1, 0.15) is 83.0 Å². The summed E-state index contributed by atoms with van der Waals surface area (Å²) in [6.07, 6.45) is 8.55. The van der Waals surface area contributed by atoms with Crippen LogP contribution in [0.2, 0.25) is 0 Å². The maximum atomic E-state index is 13.2. The van der Waals surface area contributed by atoms with Gasteiger partial charge in [-0.25, -0.2) is 9.78 Å². The number of hydrogen-bond donors (Lipinski definition) is 2. The normalized spacial score (nSPS) is 24.3. The number of amides is 3. The van der Waals surface area contributed by atoms with Crippen molar-refractivity contribution >= 4 is 41.0 Å². The van der Waals surface area contributed by atoms with Crippen LogP contribution in [0.3, 0.4) is 0 Å². The molecule has 4 aliphatic rings. The Labute approximate surface area is 277 Å². The van der Waals surface area contributed by atoms with E-state index in [2.05, 4.69) is 20.5 Å². The molecule has 2 aliphatic carbocycles. The molecule has 3 fully saturated rings. The van der Waals surface area contributed by atoms with Gasteiger partial charge in [0, 0.05) is 38.3 Å². The molecule has 1 aromatic carbocycles. The number of ether oxygens (including phenoxy) is 2. The maximum Gasteiger partial charge on any atom is 0.410 e. The summed E-state index contributed by atoms with van der Waals surface area (Å²) in [6, 6.07) is 5.33. The first-order chi connectivity index (χ1) is 22.5. The topological polar surface area (TPSA) is 129 Å². The van der Waals surface area contributed by atoms with E-state index in [0.717, 1.165) is 57.4 Å². The summed E-state index contributed by atoms with van der Waals surface area (Å²) in [5.74, 6) is 2.86. The monoisotopic (exact) mass is 647 g/mol. The van der Waals surface area contributed by atoms with E-state index in [1.165, 1.54) is 0 Å². The Hall–Kier alpha value is -4.09. The van der Waals surface area contributed by atoms with Crippen molar-refractivity contribution in [2.45, 2.75) is 90.3 Å². The summed E-state index contributed by atoms with van der Waals surface area (Å²) in [5.41, 5.74) is 1.36. The van der Waals surface area contributed by atoms with Crippen molar-refractivity contribution in [2.75, 3.05) is 48.9 Å². The molecule has 12 nitrogen and oxygen atoms in total. The summed E-state index contributed by atoms with van der Waals surface area (Å²) in [6.45, 7) is 9.74. The molecule has 12 heteroatoms. The number of anilines is 4. The van der Waals surface area contributed by atoms with Gasteiger partial charge in [0.25, 0.3) is 5.91 Å². The number of aromatic nitrogens is 2. The van der Waals surface area contributed by atoms with E-state index in [4.69, 9.17) is 14.5 Å². The van der Waals surface area contributed by atoms with Crippen molar-refractivity contribution in [1.82, 2.24) is 20.2 Å². The number of likely N-dealkylation sites (tertiary alicyclic amines) is 1. The summed E-state index contributed by atoms with van der Waals surface area (Å²) >= 11 is 0. The SMILES string of the molecule is CC[C@@H]1C(=O)N(C)c2cnc(Nc3ccc(C(=O)NCC4CC5CN(C(=O)OC(C)(C)C)CC5C4)cc3OC)nc2N1C1CCCC1. The van der Waals surface area contributed by atoms with Gasteiger partial charge in [0.1, 0.15) is 23.1 Å². The number of nitrogens with zero attached hydrogens (tertiary/aromatic N) is 5. The Balaban J connectivity index is 1.08. The van der Waals surface area contributed by atoms with Crippen LogP contribution in [-0.2, 0) is 9.53 Å². The molecule has 2 aliphatic heterocycles. The molecule has 2 N–H and O–H groups in total. The summed E-state index contributed by atoms with van der Waals surface area (Å²) in [5, 5.41) is 6.40. The largest absolute Gasteiger partial charge is 0.495 e. The lowest BCUT2D eigenvalue weighted by molar-refractivity contribution is -0.120. The number of methoxy groups -OCH3 is 1. The molecular formula is C35H49N7O5. The zero-order valence-corrected chi connectivity index (χ0v) is 28.5. The van der Waals surface area contributed by atoms with Crippen molar-refractivity contribution < 1.29 is 23.9 Å². The summed E-state index contributed by atoms with van der Waals surface area (Å²) < 4.78 is 11.2. The van der Waals surface area contributed by atoms with Crippen LogP contribution < -0.4 is 25.2 Å². The van der Waals surface area contributed by atoms with Crippen LogP contribution in [0.25, 0.3) is 0 Å². The number of hydrogen-bond acceptors (Lipinski definition) is 9. The third kappa shape index (κ3) is 6.82. The predicted molar refractivity (Wildman–Crippen MR) is 180 cm³/mol. The summed E-state index contributed by atoms with van der Waals surface area (Å²) in [4.78, 5) is 54.1. The van der Waals surface area contributed by atoms with Crippen molar-refractivity contribution in [3.8, 4) is 5.75 Å². The molecular weight excluding hydrogens is 598 g/mol. The van der Waals surface area contributed by atoms with Crippen LogP contribution >= 0.6 is 0 Å². The second-order valence-corrected chi connectivity index (χ2v) is 14.6. The molecule has 1 aromatic heterocycles. The average Bonchev–Trinajstić information content (AvgIpc) is 3.78. The average molecular weight is 648 g/mol. The molecule has 2 unspecified atom stereocenters. The van der Waals surface area contributed by atoms with Gasteiger partial charge in [-0.15, -0.1) is 0 Å². The van der Waals surface area contributed by atoms with Gasteiger partial charge in [-0.2, -0.15) is 4.98 Å². The Morgan fingerprint density at radius 3 is 2.43 bits per heavy atom. The van der Waals surface area contributed by atoms with Crippen molar-refractivity contribution in [3.63, 3.8) is 0 Å². The number of benzene rings is 1. The van der Waals surface area contributed by atoms with E-state index in [9.17, 15) is 14.4 Å². The number of carbonyl (C=O) groups is 3. The lowest BCUT2D eigenvalue weighted by Gasteiger charge is -2.43. The van der Waals surface area contributed by atoms with Crippen molar-refractivity contribution in [2.24, 2.45) is 17.8 Å². The van der Waals surface area contributed by atoms with E-state index in [-0.39, 0.29) is 30.0 Å². The second kappa shape index (κ2) is 13.2. The maximum absolute atomic E-state index is 13.2. The number of nitrogens with one attached hydrogen (secondary N) is 2. The minimum Gasteiger partial charge on any atom is -0.495 e. The van der Waals surface area contributed by atoms with Crippen LogP contribution in [0.5, 0.6) is 5.75 Å². The zero-order valence-electron chi connectivity index (χ0n) is 28.5. The van der Waals surface area contributed by atoms with E-state index in [1.54, 1.807) is 43.5 Å². The van der Waals surface area contributed by atoms with Gasteiger partial charge in [0.2, 0.25) is 11.9 Å². The van der Waals surface area contributed by atoms with Crippen LogP contribution in [0.15, 0.2) is 24.4 Å². The highest BCUT2D eigenvalue weighted by Gasteiger charge is 2.44. The van der Waals surface area contributed by atoms with Gasteiger partial charge in [-0.05, 0) is 88.8 Å². The Bertz CT molecular complexity index is 1490. The molecule has 254 valence electrons. The quantitative estimate of drug-likeness (QED) is 0.389. The highest BCUT2D eigenvalue weighted by atomic mass is 16.6. The first-order valence-electron chi connectivity index (χ1n) is 17.1. The molecule has 6 rings (SSSR count). The van der Waals surface area contributed by atoms with Gasteiger partial charge < -0.3 is 34.8 Å². The second-order valence-electron chi connectivity index (χ2n) is 14.6. The number of rotatable bonds is 8. The first kappa shape index (κ1) is 32.8. The van der Waals surface area contributed by atoms with Gasteiger partial charge in [0.15, 0.2) is 5.82 Å². The molecule has 47 heavy (non-hydrogen) atoms. The van der Waals surface area contributed by atoms with Crippen LogP contribution in [0.4, 0.5) is 27.9 Å². The number of likely N-dealkylation sites (N-methyl/N-ethyl adjacent to an activating group) is 1. The molecule has 3 amide bonds. The van der Waals surface area contributed by atoms with Gasteiger partial charge in [0.05, 0.1) is 19.0 Å². The predicted octanol–water partition coefficient (Wildman–Crippen LogP) is 5.36. The molecule has 2 aromatic rings. The Morgan fingerprint density at radius 1 is 1.09 bits per heavy atom. The third-order valence-electron chi connectivity index (χ3n) is 10.2. The molecule has 2 saturated carbocycles. The van der Waals surface area contributed by atoms with Crippen molar-refractivity contribution in [3.05, 3.63) is 30.0 Å². The van der Waals surface area contributed by atoms with Crippen LogP contribution in [-0.4, -0.2) is 84.3 Å². The lowest BCUT2D eigenvalue weighted by Crippen LogP contribution is -2.55. The van der Waals surface area contributed by atoms with E-state index in [1.807, 2.05) is 32.6 Å². The minimum atomic E-state index is -0.498. The van der Waals surface area contributed by atoms with Gasteiger partial charge in [-0.1, -0.05) is 19.8 Å². The standard InChI is InChI=1S/C35H49N7O5/c1-7-27-32(44)40(5)28-18-37-33(39-30(28)42(27)25-10-8-9-11-25)38-26-13-12-22(16-29(26)46-6)31(43)36-17-21-14-23-19-41(20-24(23)15-21)34(45)47-35(2,3)4/h12-13,16,18,21,23-25,27H,7-11,14-15,17,19-20H2,1-6H3,(H,36,43)(H,37,38,39)/t21?,23?,24?,27-/m1/s1. The third-order valence-corrected chi connectivity index (χ3v) is 10.2. The fraction of sp³-hybridized carbons (Fsp3) is 0.629. The molecule has 0 radical (unpaired) electrons. The smallest absolute Gasteiger partial charge is 0.410 e. The molecule has 1 saturated heterocycles. The number of carbonyl (C=O) groups excluding carboxylic acids is 3. The molecule has 3 heterocycles. The van der Waals surface area contributed by atoms with E-state index in [0.29, 0.717) is 59.4 Å². The van der Waals surface area contributed by atoms with Crippen LogP contribution in [0, 0.1) is 17.8 Å². The zero-order chi connectivity index (χ0) is 33.5. The molecule has 3 atom stereocenters. The number of fused-ring (bicyclic) bond motifs is 2.